The second-order valence-corrected chi connectivity index (χ2v) is 5.01. The maximum absolute atomic E-state index is 11.1. The van der Waals surface area contributed by atoms with Gasteiger partial charge in [0, 0.05) is 0 Å². The summed E-state index contributed by atoms with van der Waals surface area (Å²) in [5, 5.41) is 0. The fraction of sp³-hybridized carbons (Fsp3) is 0.667. The lowest BCUT2D eigenvalue weighted by molar-refractivity contribution is -0.159. The van der Waals surface area contributed by atoms with Crippen molar-refractivity contribution in [3.63, 3.8) is 0 Å². The molecule has 0 bridgehead atoms. The van der Waals surface area contributed by atoms with Gasteiger partial charge in [-0.3, -0.25) is 9.59 Å². The summed E-state index contributed by atoms with van der Waals surface area (Å²) in [6, 6.07) is 0. The van der Waals surface area contributed by atoms with E-state index in [0.29, 0.717) is 52.9 Å². The molecule has 0 amide bonds. The lowest BCUT2D eigenvalue weighted by atomic mass is 10.2. The molecule has 1 aliphatic heterocycles. The highest BCUT2D eigenvalue weighted by molar-refractivity contribution is 5.94. The van der Waals surface area contributed by atoms with Gasteiger partial charge >= 0.3 is 11.9 Å². The zero-order valence-corrected chi connectivity index (χ0v) is 15.5. The minimum absolute atomic E-state index is 0.0952. The van der Waals surface area contributed by atoms with Crippen molar-refractivity contribution in [1.29, 1.82) is 0 Å². The van der Waals surface area contributed by atoms with E-state index in [1.54, 1.807) is 0 Å². The van der Waals surface area contributed by atoms with Gasteiger partial charge in [0.2, 0.25) is 0 Å². The second kappa shape index (κ2) is 18.1. The maximum Gasteiger partial charge on any atom is 0.320 e. The molecule has 1 aliphatic rings. The van der Waals surface area contributed by atoms with E-state index < -0.39 is 17.9 Å². The van der Waals surface area contributed by atoms with Crippen LogP contribution in [0.3, 0.4) is 0 Å². The third-order valence-electron chi connectivity index (χ3n) is 2.88. The van der Waals surface area contributed by atoms with E-state index in [-0.39, 0.29) is 13.2 Å². The molecule has 26 heavy (non-hydrogen) atoms. The molecule has 0 radical (unpaired) electrons. The van der Waals surface area contributed by atoms with Gasteiger partial charge < -0.3 is 28.4 Å². The predicted octanol–water partition coefficient (Wildman–Crippen LogP) is 1.15. The van der Waals surface area contributed by atoms with E-state index in [9.17, 15) is 9.59 Å². The summed E-state index contributed by atoms with van der Waals surface area (Å²) in [5.74, 6) is -2.13. The fourth-order valence-corrected chi connectivity index (χ4v) is 1.51. The molecular weight excluding hydrogens is 344 g/mol. The minimum atomic E-state index is -0.908. The van der Waals surface area contributed by atoms with Crippen LogP contribution in [0.15, 0.2) is 25.3 Å². The third kappa shape index (κ3) is 14.6. The molecule has 1 saturated heterocycles. The van der Waals surface area contributed by atoms with Gasteiger partial charge in [0.15, 0.2) is 5.92 Å². The zero-order chi connectivity index (χ0) is 19.5. The number of carbonyl (C=O) groups excluding carboxylic acids is 2. The number of rotatable bonds is 6. The van der Waals surface area contributed by atoms with Gasteiger partial charge in [0.05, 0.1) is 52.9 Å². The van der Waals surface area contributed by atoms with Crippen molar-refractivity contribution < 1.29 is 38.0 Å². The topological polar surface area (TPSA) is 89.5 Å². The highest BCUT2D eigenvalue weighted by atomic mass is 16.6. The first kappa shape index (κ1) is 24.3. The van der Waals surface area contributed by atoms with Gasteiger partial charge in [-0.15, -0.1) is 0 Å². The molecule has 0 aliphatic carbocycles. The van der Waals surface area contributed by atoms with Crippen LogP contribution >= 0.6 is 0 Å². The Labute approximate surface area is 155 Å². The number of esters is 2. The quantitative estimate of drug-likeness (QED) is 0.389. The molecule has 1 heterocycles. The SMILES string of the molecule is C1COCCOCCOCCO1.C=CCOC(=O)C(C)C(=O)OCC=C. The number of ether oxygens (including phenoxy) is 6. The van der Waals surface area contributed by atoms with E-state index in [1.807, 2.05) is 0 Å². The lowest BCUT2D eigenvalue weighted by Crippen LogP contribution is -2.25. The lowest BCUT2D eigenvalue weighted by Gasteiger charge is -2.09. The first-order valence-electron chi connectivity index (χ1n) is 8.49. The van der Waals surface area contributed by atoms with Crippen LogP contribution in [0.4, 0.5) is 0 Å². The molecular formula is C18H30O8. The molecule has 1 rings (SSSR count). The molecule has 8 heteroatoms. The van der Waals surface area contributed by atoms with Gasteiger partial charge in [-0.2, -0.15) is 0 Å². The number of hydrogen-bond donors (Lipinski definition) is 0. The van der Waals surface area contributed by atoms with Crippen LogP contribution in [-0.4, -0.2) is 78.0 Å². The van der Waals surface area contributed by atoms with Crippen LogP contribution in [0.1, 0.15) is 6.92 Å². The van der Waals surface area contributed by atoms with Crippen molar-refractivity contribution >= 4 is 11.9 Å². The average molecular weight is 374 g/mol. The summed E-state index contributed by atoms with van der Waals surface area (Å²) in [4.78, 5) is 22.2. The smallest absolute Gasteiger partial charge is 0.320 e. The number of carbonyl (C=O) groups is 2. The van der Waals surface area contributed by atoms with Crippen molar-refractivity contribution in [3.8, 4) is 0 Å². The monoisotopic (exact) mass is 374 g/mol. The Bertz CT molecular complexity index is 330. The Morgan fingerprint density at radius 2 is 1.04 bits per heavy atom. The molecule has 0 atom stereocenters. The minimum Gasteiger partial charge on any atom is -0.461 e. The summed E-state index contributed by atoms with van der Waals surface area (Å²) in [5.41, 5.74) is 0. The van der Waals surface area contributed by atoms with E-state index in [4.69, 9.17) is 18.9 Å². The van der Waals surface area contributed by atoms with Crippen LogP contribution in [0.5, 0.6) is 0 Å². The van der Waals surface area contributed by atoms with E-state index in [2.05, 4.69) is 22.6 Å². The molecule has 0 unspecified atom stereocenters. The van der Waals surface area contributed by atoms with Crippen LogP contribution in [0, 0.1) is 5.92 Å². The van der Waals surface area contributed by atoms with Gasteiger partial charge in [-0.1, -0.05) is 25.3 Å². The Hall–Kier alpha value is -1.74. The normalized spacial score (nSPS) is 16.1. The van der Waals surface area contributed by atoms with E-state index in [0.717, 1.165) is 0 Å². The van der Waals surface area contributed by atoms with Gasteiger partial charge in [0.1, 0.15) is 13.2 Å². The molecule has 0 aromatic rings. The van der Waals surface area contributed by atoms with Crippen molar-refractivity contribution in [2.75, 3.05) is 66.1 Å². The zero-order valence-electron chi connectivity index (χ0n) is 15.5. The summed E-state index contributed by atoms with van der Waals surface area (Å²) in [6.45, 7) is 13.5. The molecule has 0 saturated carbocycles. The second-order valence-electron chi connectivity index (χ2n) is 5.01. The van der Waals surface area contributed by atoms with Crippen molar-refractivity contribution in [1.82, 2.24) is 0 Å². The summed E-state index contributed by atoms with van der Waals surface area (Å²) >= 11 is 0. The van der Waals surface area contributed by atoms with Crippen molar-refractivity contribution in [2.24, 2.45) is 5.92 Å². The molecule has 0 aromatic carbocycles. The standard InChI is InChI=1S/C10H14O4.C8H16O4/c1-4-6-13-9(11)8(3)10(12)14-7-5-2;1-2-10-5-6-12-8-7-11-4-3-9-1/h4-5,8H,1-2,6-7H2,3H3;1-8H2. The Morgan fingerprint density at radius 1 is 0.769 bits per heavy atom. The molecule has 0 N–H and O–H groups in total. The van der Waals surface area contributed by atoms with Crippen LogP contribution in [0.2, 0.25) is 0 Å². The largest absolute Gasteiger partial charge is 0.461 e. The Balaban J connectivity index is 0.000000485. The number of hydrogen-bond acceptors (Lipinski definition) is 8. The summed E-state index contributed by atoms with van der Waals surface area (Å²) < 4.78 is 30.2. The predicted molar refractivity (Wildman–Crippen MR) is 94.8 cm³/mol. The first-order chi connectivity index (χ1) is 12.6. The van der Waals surface area contributed by atoms with E-state index in [1.165, 1.54) is 19.1 Å². The van der Waals surface area contributed by atoms with Gasteiger partial charge in [-0.25, -0.2) is 0 Å². The molecule has 8 nitrogen and oxygen atoms in total. The molecule has 150 valence electrons. The highest BCUT2D eigenvalue weighted by Gasteiger charge is 2.23. The Morgan fingerprint density at radius 3 is 1.27 bits per heavy atom. The van der Waals surface area contributed by atoms with Gasteiger partial charge in [0.25, 0.3) is 0 Å². The molecule has 1 fully saturated rings. The van der Waals surface area contributed by atoms with Crippen LogP contribution < -0.4 is 0 Å². The average Bonchev–Trinajstić information content (AvgIpc) is 2.64. The molecule has 0 aromatic heterocycles. The van der Waals surface area contributed by atoms with Crippen molar-refractivity contribution in [2.45, 2.75) is 6.92 Å². The fourth-order valence-electron chi connectivity index (χ4n) is 1.51. The maximum atomic E-state index is 11.1. The van der Waals surface area contributed by atoms with Crippen LogP contribution in [0.25, 0.3) is 0 Å². The summed E-state index contributed by atoms with van der Waals surface area (Å²) in [6.07, 6.45) is 2.86. The van der Waals surface area contributed by atoms with Crippen LogP contribution in [-0.2, 0) is 38.0 Å². The summed E-state index contributed by atoms with van der Waals surface area (Å²) in [7, 11) is 0. The third-order valence-corrected chi connectivity index (χ3v) is 2.88. The Kier molecular flexibility index (Phi) is 16.9. The van der Waals surface area contributed by atoms with E-state index >= 15 is 0 Å². The highest BCUT2D eigenvalue weighted by Crippen LogP contribution is 2.01. The van der Waals surface area contributed by atoms with Crippen molar-refractivity contribution in [3.05, 3.63) is 25.3 Å². The molecule has 0 spiro atoms. The van der Waals surface area contributed by atoms with Gasteiger partial charge in [-0.05, 0) is 6.92 Å². The first-order valence-corrected chi connectivity index (χ1v) is 8.49.